The summed E-state index contributed by atoms with van der Waals surface area (Å²) in [4.78, 5) is 0. The van der Waals surface area contributed by atoms with E-state index in [-0.39, 0.29) is 58.9 Å². The topological polar surface area (TPSA) is 0 Å². The van der Waals surface area contributed by atoms with Crippen LogP contribution in [0.25, 0.3) is 0 Å². The Morgan fingerprint density at radius 1 is 1.19 bits per heavy atom. The zero-order valence-electron chi connectivity index (χ0n) is 9.81. The summed E-state index contributed by atoms with van der Waals surface area (Å²) in [5.41, 5.74) is 1.62. The van der Waals surface area contributed by atoms with E-state index in [9.17, 15) is 0 Å². The van der Waals surface area contributed by atoms with Crippen LogP contribution in [0.3, 0.4) is 0 Å². The molecule has 0 aromatic rings. The van der Waals surface area contributed by atoms with Crippen LogP contribution in [-0.4, -0.2) is 0 Å². The van der Waals surface area contributed by atoms with E-state index in [2.05, 4.69) is 39.0 Å². The van der Waals surface area contributed by atoms with Crippen molar-refractivity contribution in [3.8, 4) is 0 Å². The first kappa shape index (κ1) is 22.1. The number of fused-ring (bicyclic) bond motifs is 1. The fraction of sp³-hybridized carbons (Fsp3) is 0.583. The van der Waals surface area contributed by atoms with Crippen molar-refractivity contribution in [3.63, 3.8) is 0 Å². The first-order chi connectivity index (χ1) is 5.72. The summed E-state index contributed by atoms with van der Waals surface area (Å²) < 4.78 is 0. The molecule has 0 aromatic carbocycles. The van der Waals surface area contributed by atoms with Crippen LogP contribution in [0.2, 0.25) is 0 Å². The van der Waals surface area contributed by atoms with E-state index in [0.717, 1.165) is 17.8 Å². The van der Waals surface area contributed by atoms with E-state index in [0.29, 0.717) is 0 Å². The molecule has 2 aliphatic rings. The van der Waals surface area contributed by atoms with Gasteiger partial charge in [0.25, 0.3) is 0 Å². The summed E-state index contributed by atoms with van der Waals surface area (Å²) in [7, 11) is 0. The molecule has 1 fully saturated rings. The summed E-state index contributed by atoms with van der Waals surface area (Å²) in [5.74, 6) is 4.09. The zero-order chi connectivity index (χ0) is 8.72. The van der Waals surface area contributed by atoms with Crippen molar-refractivity contribution < 1.29 is 58.9 Å². The second kappa shape index (κ2) is 8.94. The normalized spacial score (nSPS) is 29.8. The van der Waals surface area contributed by atoms with Gasteiger partial charge in [-0.3, -0.25) is 0 Å². The van der Waals surface area contributed by atoms with Crippen LogP contribution in [0.15, 0.2) is 23.8 Å². The number of halogens is 3. The molecule has 0 aliphatic heterocycles. The molecule has 0 spiro atoms. The molecule has 16 heavy (non-hydrogen) atoms. The van der Waals surface area contributed by atoms with Gasteiger partial charge in [-0.05, 0) is 18.3 Å². The Morgan fingerprint density at radius 2 is 1.75 bits per heavy atom. The molecule has 90 valence electrons. The maximum absolute atomic E-state index is 2.39. The molecule has 0 N–H and O–H groups in total. The summed E-state index contributed by atoms with van der Waals surface area (Å²) in [6, 6.07) is 0. The van der Waals surface area contributed by atoms with Gasteiger partial charge in [-0.15, -0.1) is 19.1 Å². The quantitative estimate of drug-likeness (QED) is 0.309. The van der Waals surface area contributed by atoms with Gasteiger partial charge >= 0.3 is 21.7 Å². The number of allylic oxidation sites excluding steroid dienone is 4. The Labute approximate surface area is 133 Å². The van der Waals surface area contributed by atoms with Crippen molar-refractivity contribution in [1.29, 1.82) is 0 Å². The Bertz CT molecular complexity index is 251. The van der Waals surface area contributed by atoms with E-state index in [1.807, 2.05) is 0 Å². The summed E-state index contributed by atoms with van der Waals surface area (Å²) in [5, 5.41) is 0. The van der Waals surface area contributed by atoms with E-state index >= 15 is 0 Å². The third-order valence-corrected chi connectivity index (χ3v) is 3.76. The summed E-state index contributed by atoms with van der Waals surface area (Å²) >= 11 is 0. The first-order valence-electron chi connectivity index (χ1n) is 4.92. The second-order valence-corrected chi connectivity index (χ2v) is 4.22. The van der Waals surface area contributed by atoms with Crippen molar-refractivity contribution in [2.75, 3.05) is 0 Å². The van der Waals surface area contributed by atoms with Gasteiger partial charge < -0.3 is 37.2 Å². The van der Waals surface area contributed by atoms with Gasteiger partial charge in [-0.1, -0.05) is 19.8 Å². The Hall–Kier alpha value is 0.934. The number of hydrogen-bond donors (Lipinski definition) is 0. The first-order valence-corrected chi connectivity index (χ1v) is 4.92. The van der Waals surface area contributed by atoms with Gasteiger partial charge in [0.2, 0.25) is 0 Å². The molecule has 3 unspecified atom stereocenters. The van der Waals surface area contributed by atoms with Gasteiger partial charge in [-0.2, -0.15) is 0 Å². The van der Waals surface area contributed by atoms with Gasteiger partial charge in [0.15, 0.2) is 0 Å². The van der Waals surface area contributed by atoms with Crippen molar-refractivity contribution in [2.45, 2.75) is 27.2 Å². The standard InChI is InChI=1S/C12H17.3ClH.Ti/c1-8-9(2)11-6-4-5-7-12(11)10(8)3;;;;/h4-6,8,10,12H,7H2,1-3H3;3*1H;/q-1;;;;+4/p-3. The molecule has 3 atom stereocenters. The molecule has 1 saturated carbocycles. The molecule has 4 heteroatoms. The van der Waals surface area contributed by atoms with Crippen molar-refractivity contribution >= 4 is 0 Å². The number of rotatable bonds is 0. The molecule has 0 aromatic heterocycles. The Morgan fingerprint density at radius 3 is 2.25 bits per heavy atom. The molecule has 0 saturated heterocycles. The van der Waals surface area contributed by atoms with Crippen LogP contribution in [0.1, 0.15) is 27.2 Å². The zero-order valence-corrected chi connectivity index (χ0v) is 13.6. The Kier molecular flexibility index (Phi) is 12.4. The molecule has 2 aliphatic carbocycles. The average molecular weight is 315 g/mol. The maximum Gasteiger partial charge on any atom is 4.00 e. The minimum absolute atomic E-state index is 0. The summed E-state index contributed by atoms with van der Waals surface area (Å²) in [6.45, 7) is 7.05. The monoisotopic (exact) mass is 314 g/mol. The van der Waals surface area contributed by atoms with E-state index < -0.39 is 0 Å². The predicted molar refractivity (Wildman–Crippen MR) is 52.6 cm³/mol. The average Bonchev–Trinajstić information content (AvgIpc) is 2.33. The predicted octanol–water partition coefficient (Wildman–Crippen LogP) is -5.62. The largest absolute Gasteiger partial charge is 4.00 e. The van der Waals surface area contributed by atoms with Gasteiger partial charge in [-0.25, -0.2) is 17.6 Å². The molecule has 0 nitrogen and oxygen atoms in total. The Balaban J connectivity index is -0.000000422. The van der Waals surface area contributed by atoms with Gasteiger partial charge in [0.05, 0.1) is 0 Å². The fourth-order valence-electron chi connectivity index (χ4n) is 2.57. The van der Waals surface area contributed by atoms with E-state index in [4.69, 9.17) is 0 Å². The molecule has 0 amide bonds. The molecule has 0 radical (unpaired) electrons. The van der Waals surface area contributed by atoms with Crippen LogP contribution in [-0.2, 0) is 21.7 Å². The maximum atomic E-state index is 2.39. The minimum Gasteiger partial charge on any atom is -1.00 e. The molecule has 2 rings (SSSR count). The van der Waals surface area contributed by atoms with E-state index in [1.54, 1.807) is 11.5 Å². The van der Waals surface area contributed by atoms with Crippen LogP contribution in [0.4, 0.5) is 0 Å². The number of hydrogen-bond acceptors (Lipinski definition) is 0. The fourth-order valence-corrected chi connectivity index (χ4v) is 2.57. The van der Waals surface area contributed by atoms with Crippen molar-refractivity contribution in [2.24, 2.45) is 17.8 Å². The van der Waals surface area contributed by atoms with Gasteiger partial charge in [0, 0.05) is 0 Å². The SMILES string of the molecule is C[C-]1C2=CC=CCC2C(C)C1C.[Cl-].[Cl-].[Cl-].[Ti+4]. The second-order valence-electron chi connectivity index (χ2n) is 4.22. The molecule has 0 bridgehead atoms. The van der Waals surface area contributed by atoms with Gasteiger partial charge in [0.1, 0.15) is 0 Å². The van der Waals surface area contributed by atoms with Crippen LogP contribution in [0, 0.1) is 23.7 Å². The molecular weight excluding hydrogens is 298 g/mol. The van der Waals surface area contributed by atoms with Crippen LogP contribution < -0.4 is 37.2 Å². The van der Waals surface area contributed by atoms with E-state index in [1.165, 1.54) is 6.42 Å². The smallest absolute Gasteiger partial charge is 1.00 e. The third kappa shape index (κ3) is 3.72. The van der Waals surface area contributed by atoms with Crippen molar-refractivity contribution in [3.05, 3.63) is 29.7 Å². The molecular formula is C12H17Cl3Ti. The van der Waals surface area contributed by atoms with Crippen molar-refractivity contribution in [1.82, 2.24) is 0 Å². The summed E-state index contributed by atoms with van der Waals surface area (Å²) in [6.07, 6.45) is 8.08. The minimum atomic E-state index is 0. The van der Waals surface area contributed by atoms with Crippen LogP contribution >= 0.6 is 0 Å². The third-order valence-electron chi connectivity index (χ3n) is 3.76. The van der Waals surface area contributed by atoms with Crippen LogP contribution in [0.5, 0.6) is 0 Å². The molecule has 0 heterocycles.